The van der Waals surface area contributed by atoms with E-state index in [9.17, 15) is 0 Å². The Kier molecular flexibility index (Phi) is 3.88. The van der Waals surface area contributed by atoms with Crippen LogP contribution in [0.4, 0.5) is 0 Å². The maximum atomic E-state index is 5.12. The van der Waals surface area contributed by atoms with Crippen LogP contribution in [-0.2, 0) is 6.54 Å². The van der Waals surface area contributed by atoms with Crippen molar-refractivity contribution in [3.63, 3.8) is 0 Å². The second-order valence-corrected chi connectivity index (χ2v) is 7.66. The molecule has 2 nitrogen and oxygen atoms in total. The van der Waals surface area contributed by atoms with Gasteiger partial charge in [0.05, 0.1) is 17.8 Å². The van der Waals surface area contributed by atoms with E-state index >= 15 is 0 Å². The van der Waals surface area contributed by atoms with Gasteiger partial charge >= 0.3 is 0 Å². The van der Waals surface area contributed by atoms with E-state index < -0.39 is 0 Å². The molecule has 0 amide bonds. The number of pyridine rings is 1. The topological polar surface area (TPSA) is 17.8 Å². The van der Waals surface area contributed by atoms with Crippen molar-refractivity contribution in [1.82, 2.24) is 9.55 Å². The molecular formula is C28H20N2. The van der Waals surface area contributed by atoms with E-state index in [-0.39, 0.29) is 0 Å². The van der Waals surface area contributed by atoms with Crippen LogP contribution in [0.25, 0.3) is 43.8 Å². The Bertz CT molecular complexity index is 1460. The molecule has 0 radical (unpaired) electrons. The van der Waals surface area contributed by atoms with Crippen LogP contribution in [0, 0.1) is 0 Å². The Morgan fingerprint density at radius 1 is 0.600 bits per heavy atom. The van der Waals surface area contributed by atoms with Gasteiger partial charge < -0.3 is 4.57 Å². The van der Waals surface area contributed by atoms with Gasteiger partial charge in [-0.3, -0.25) is 4.98 Å². The van der Waals surface area contributed by atoms with Crippen LogP contribution in [0.2, 0.25) is 0 Å². The molecule has 4 aromatic carbocycles. The average molecular weight is 384 g/mol. The second-order valence-electron chi connectivity index (χ2n) is 7.66. The van der Waals surface area contributed by atoms with E-state index in [4.69, 9.17) is 4.98 Å². The molecule has 0 aliphatic carbocycles. The summed E-state index contributed by atoms with van der Waals surface area (Å²) in [5.74, 6) is 0. The van der Waals surface area contributed by atoms with E-state index in [2.05, 4.69) is 114 Å². The first-order chi connectivity index (χ1) is 14.9. The van der Waals surface area contributed by atoms with Gasteiger partial charge in [-0.05, 0) is 29.8 Å². The van der Waals surface area contributed by atoms with Crippen LogP contribution in [0.5, 0.6) is 0 Å². The normalized spacial score (nSPS) is 11.5. The van der Waals surface area contributed by atoms with Crippen LogP contribution in [0.15, 0.2) is 109 Å². The zero-order chi connectivity index (χ0) is 19.9. The maximum absolute atomic E-state index is 5.12. The third-order valence-corrected chi connectivity index (χ3v) is 5.88. The fourth-order valence-corrected chi connectivity index (χ4v) is 4.47. The number of para-hydroxylation sites is 3. The minimum atomic E-state index is 0.725. The van der Waals surface area contributed by atoms with Gasteiger partial charge in [-0.2, -0.15) is 0 Å². The Balaban J connectivity index is 1.62. The Labute approximate surface area is 175 Å². The van der Waals surface area contributed by atoms with Crippen molar-refractivity contribution in [2.45, 2.75) is 6.54 Å². The lowest BCUT2D eigenvalue weighted by atomic mass is 10.0. The van der Waals surface area contributed by atoms with Gasteiger partial charge in [0.15, 0.2) is 0 Å². The molecule has 2 heterocycles. The second kappa shape index (κ2) is 6.85. The summed E-state index contributed by atoms with van der Waals surface area (Å²) < 4.78 is 2.40. The van der Waals surface area contributed by atoms with Gasteiger partial charge in [0.2, 0.25) is 0 Å². The minimum Gasteiger partial charge on any atom is -0.334 e. The molecular weight excluding hydrogens is 364 g/mol. The van der Waals surface area contributed by atoms with E-state index in [0.717, 1.165) is 17.8 Å². The third-order valence-electron chi connectivity index (χ3n) is 5.88. The maximum Gasteiger partial charge on any atom is 0.0706 e. The lowest BCUT2D eigenvalue weighted by molar-refractivity contribution is 0.843. The molecule has 0 aliphatic heterocycles. The van der Waals surface area contributed by atoms with Gasteiger partial charge in [-0.1, -0.05) is 84.9 Å². The van der Waals surface area contributed by atoms with Crippen molar-refractivity contribution >= 4 is 32.7 Å². The van der Waals surface area contributed by atoms with Crippen molar-refractivity contribution in [1.29, 1.82) is 0 Å². The fraction of sp³-hybridized carbons (Fsp3) is 0.0357. The first-order valence-electron chi connectivity index (χ1n) is 10.3. The number of benzene rings is 4. The van der Waals surface area contributed by atoms with Crippen molar-refractivity contribution in [3.8, 4) is 11.1 Å². The van der Waals surface area contributed by atoms with E-state index in [1.54, 1.807) is 0 Å². The summed E-state index contributed by atoms with van der Waals surface area (Å²) in [7, 11) is 0. The van der Waals surface area contributed by atoms with Gasteiger partial charge in [0.25, 0.3) is 0 Å². The van der Waals surface area contributed by atoms with Gasteiger partial charge in [0, 0.05) is 32.8 Å². The molecule has 0 N–H and O–H groups in total. The molecule has 0 saturated heterocycles. The zero-order valence-corrected chi connectivity index (χ0v) is 16.5. The van der Waals surface area contributed by atoms with Crippen LogP contribution in [-0.4, -0.2) is 9.55 Å². The number of hydrogen-bond donors (Lipinski definition) is 0. The molecule has 0 unspecified atom stereocenters. The molecule has 2 heteroatoms. The summed E-state index contributed by atoms with van der Waals surface area (Å²) in [6, 6.07) is 38.5. The average Bonchev–Trinajstić information content (AvgIpc) is 3.13. The molecule has 6 aromatic rings. The van der Waals surface area contributed by atoms with Gasteiger partial charge in [-0.25, -0.2) is 0 Å². The van der Waals surface area contributed by atoms with Gasteiger partial charge in [0.1, 0.15) is 0 Å². The zero-order valence-electron chi connectivity index (χ0n) is 16.5. The van der Waals surface area contributed by atoms with Crippen LogP contribution < -0.4 is 0 Å². The highest BCUT2D eigenvalue weighted by Gasteiger charge is 2.14. The summed E-state index contributed by atoms with van der Waals surface area (Å²) in [6.45, 7) is 0.725. The summed E-state index contributed by atoms with van der Waals surface area (Å²) >= 11 is 0. The predicted molar refractivity (Wildman–Crippen MR) is 126 cm³/mol. The first-order valence-corrected chi connectivity index (χ1v) is 10.3. The molecule has 6 rings (SSSR count). The SMILES string of the molecule is c1ccc(-c2cc3ccccc3nc2Cn2c3ccccc3c3ccccc32)cc1. The summed E-state index contributed by atoms with van der Waals surface area (Å²) in [5, 5.41) is 3.74. The molecule has 0 atom stereocenters. The quantitative estimate of drug-likeness (QED) is 0.319. The van der Waals surface area contributed by atoms with E-state index in [1.165, 1.54) is 38.3 Å². The number of rotatable bonds is 3. The van der Waals surface area contributed by atoms with Crippen LogP contribution >= 0.6 is 0 Å². The van der Waals surface area contributed by atoms with Crippen molar-refractivity contribution in [3.05, 3.63) is 115 Å². The van der Waals surface area contributed by atoms with Crippen molar-refractivity contribution in [2.24, 2.45) is 0 Å². The largest absolute Gasteiger partial charge is 0.334 e. The van der Waals surface area contributed by atoms with Crippen molar-refractivity contribution < 1.29 is 0 Å². The summed E-state index contributed by atoms with van der Waals surface area (Å²) in [5.41, 5.74) is 7.00. The standard InChI is InChI=1S/C28H20N2/c1-2-10-20(11-3-1)24-18-21-12-4-7-15-25(21)29-26(24)19-30-27-16-8-5-13-22(27)23-14-6-9-17-28(23)30/h1-18H,19H2. The van der Waals surface area contributed by atoms with E-state index in [0.29, 0.717) is 0 Å². The molecule has 142 valence electrons. The highest BCUT2D eigenvalue weighted by molar-refractivity contribution is 6.08. The fourth-order valence-electron chi connectivity index (χ4n) is 4.47. The molecule has 30 heavy (non-hydrogen) atoms. The van der Waals surface area contributed by atoms with Crippen molar-refractivity contribution in [2.75, 3.05) is 0 Å². The summed E-state index contributed by atoms with van der Waals surface area (Å²) in [4.78, 5) is 5.12. The van der Waals surface area contributed by atoms with Crippen LogP contribution in [0.3, 0.4) is 0 Å². The Morgan fingerprint density at radius 3 is 1.93 bits per heavy atom. The highest BCUT2D eigenvalue weighted by atomic mass is 15.0. The molecule has 2 aromatic heterocycles. The lowest BCUT2D eigenvalue weighted by Crippen LogP contribution is -2.04. The number of fused-ring (bicyclic) bond motifs is 4. The third kappa shape index (κ3) is 2.69. The Hall–Kier alpha value is -3.91. The molecule has 0 saturated carbocycles. The van der Waals surface area contributed by atoms with E-state index in [1.807, 2.05) is 0 Å². The Morgan fingerprint density at radius 2 is 1.20 bits per heavy atom. The molecule has 0 fully saturated rings. The van der Waals surface area contributed by atoms with Gasteiger partial charge in [-0.15, -0.1) is 0 Å². The smallest absolute Gasteiger partial charge is 0.0706 e. The predicted octanol–water partition coefficient (Wildman–Crippen LogP) is 7.06. The lowest BCUT2D eigenvalue weighted by Gasteiger charge is -2.14. The monoisotopic (exact) mass is 384 g/mol. The van der Waals surface area contributed by atoms with Crippen LogP contribution in [0.1, 0.15) is 5.69 Å². The highest BCUT2D eigenvalue weighted by Crippen LogP contribution is 2.32. The minimum absolute atomic E-state index is 0.725. The first kappa shape index (κ1) is 17.0. The summed E-state index contributed by atoms with van der Waals surface area (Å²) in [6.07, 6.45) is 0. The number of hydrogen-bond acceptors (Lipinski definition) is 1. The number of nitrogens with zero attached hydrogens (tertiary/aromatic N) is 2. The molecule has 0 aliphatic rings. The molecule has 0 bridgehead atoms. The number of aromatic nitrogens is 2. The molecule has 0 spiro atoms.